The molecule has 16 heavy (non-hydrogen) atoms. The zero-order valence-corrected chi connectivity index (χ0v) is 11.4. The van der Waals surface area contributed by atoms with Gasteiger partial charge in [0.2, 0.25) is 0 Å². The smallest absolute Gasteiger partial charge is 0.287 e. The molecule has 1 amide bonds. The van der Waals surface area contributed by atoms with Crippen molar-refractivity contribution in [3.63, 3.8) is 0 Å². The van der Waals surface area contributed by atoms with Gasteiger partial charge in [0.25, 0.3) is 5.91 Å². The molecule has 0 bridgehead atoms. The van der Waals surface area contributed by atoms with E-state index in [2.05, 4.69) is 27.5 Å². The van der Waals surface area contributed by atoms with E-state index in [1.54, 1.807) is 12.1 Å². The first kappa shape index (κ1) is 12.0. The summed E-state index contributed by atoms with van der Waals surface area (Å²) in [6, 6.07) is 3.71. The molecule has 5 heteroatoms. The molecule has 0 aliphatic heterocycles. The molecule has 0 radical (unpaired) electrons. The average Bonchev–Trinajstić information content (AvgIpc) is 2.87. The molecule has 0 saturated heterocycles. The van der Waals surface area contributed by atoms with Crippen LogP contribution in [0.15, 0.2) is 21.2 Å². The summed E-state index contributed by atoms with van der Waals surface area (Å²) in [5, 5.41) is 3.69. The van der Waals surface area contributed by atoms with E-state index in [1.807, 2.05) is 11.8 Å². The lowest BCUT2D eigenvalue weighted by molar-refractivity contribution is 0.0908. The summed E-state index contributed by atoms with van der Waals surface area (Å²) >= 11 is 5.06. The SMILES string of the molecule is CSC1CCC(NC(=O)c2ccc(Br)o2)C1. The summed E-state index contributed by atoms with van der Waals surface area (Å²) in [6.45, 7) is 0. The van der Waals surface area contributed by atoms with Gasteiger partial charge in [-0.1, -0.05) is 0 Å². The Hall–Kier alpha value is -0.420. The van der Waals surface area contributed by atoms with Crippen LogP contribution in [-0.4, -0.2) is 23.5 Å². The quantitative estimate of drug-likeness (QED) is 0.933. The van der Waals surface area contributed by atoms with Gasteiger partial charge >= 0.3 is 0 Å². The number of hydrogen-bond donors (Lipinski definition) is 1. The van der Waals surface area contributed by atoms with E-state index < -0.39 is 0 Å². The second-order valence-electron chi connectivity index (χ2n) is 3.94. The highest BCUT2D eigenvalue weighted by atomic mass is 79.9. The summed E-state index contributed by atoms with van der Waals surface area (Å²) in [5.41, 5.74) is 0. The summed E-state index contributed by atoms with van der Waals surface area (Å²) in [4.78, 5) is 11.8. The topological polar surface area (TPSA) is 42.2 Å². The number of carbonyl (C=O) groups is 1. The second-order valence-corrected chi connectivity index (χ2v) is 5.86. The number of halogens is 1. The molecule has 1 fully saturated rings. The predicted molar refractivity (Wildman–Crippen MR) is 68.8 cm³/mol. The molecule has 3 nitrogen and oxygen atoms in total. The van der Waals surface area contributed by atoms with Crippen LogP contribution in [0, 0.1) is 0 Å². The summed E-state index contributed by atoms with van der Waals surface area (Å²) in [7, 11) is 0. The molecule has 2 unspecified atom stereocenters. The lowest BCUT2D eigenvalue weighted by Gasteiger charge is -2.11. The van der Waals surface area contributed by atoms with Gasteiger partial charge in [-0.3, -0.25) is 4.79 Å². The van der Waals surface area contributed by atoms with Crippen molar-refractivity contribution in [2.75, 3.05) is 6.26 Å². The van der Waals surface area contributed by atoms with Crippen molar-refractivity contribution in [2.24, 2.45) is 0 Å². The van der Waals surface area contributed by atoms with Gasteiger partial charge in [-0.05, 0) is 53.6 Å². The highest BCUT2D eigenvalue weighted by molar-refractivity contribution is 9.10. The highest BCUT2D eigenvalue weighted by Gasteiger charge is 2.26. The van der Waals surface area contributed by atoms with Gasteiger partial charge in [0.15, 0.2) is 10.4 Å². The first-order valence-corrected chi connectivity index (χ1v) is 7.36. The molecule has 88 valence electrons. The Kier molecular flexibility index (Phi) is 3.97. The summed E-state index contributed by atoms with van der Waals surface area (Å²) in [5.74, 6) is 0.261. The molecular weight excluding hydrogens is 290 g/mol. The van der Waals surface area contributed by atoms with Crippen LogP contribution < -0.4 is 5.32 Å². The molecule has 1 aromatic rings. The Balaban J connectivity index is 1.89. The number of thioether (sulfide) groups is 1. The van der Waals surface area contributed by atoms with Crippen molar-refractivity contribution in [1.82, 2.24) is 5.32 Å². The maximum absolute atomic E-state index is 11.8. The summed E-state index contributed by atoms with van der Waals surface area (Å²) in [6.07, 6.45) is 5.44. The molecule has 1 aliphatic rings. The lowest BCUT2D eigenvalue weighted by atomic mass is 10.2. The van der Waals surface area contributed by atoms with Gasteiger partial charge in [0.05, 0.1) is 0 Å². The standard InChI is InChI=1S/C11H14BrNO2S/c1-16-8-3-2-7(6-8)13-11(14)9-4-5-10(12)15-9/h4-5,7-8H,2-3,6H2,1H3,(H,13,14). The maximum Gasteiger partial charge on any atom is 0.287 e. The van der Waals surface area contributed by atoms with Crippen LogP contribution in [0.2, 0.25) is 0 Å². The molecule has 0 spiro atoms. The van der Waals surface area contributed by atoms with Gasteiger partial charge in [0.1, 0.15) is 0 Å². The van der Waals surface area contributed by atoms with Crippen LogP contribution in [0.3, 0.4) is 0 Å². The Labute approximate surface area is 107 Å². The largest absolute Gasteiger partial charge is 0.444 e. The van der Waals surface area contributed by atoms with E-state index in [1.165, 1.54) is 6.42 Å². The van der Waals surface area contributed by atoms with Crippen molar-refractivity contribution in [2.45, 2.75) is 30.6 Å². The minimum Gasteiger partial charge on any atom is -0.444 e. The second kappa shape index (κ2) is 5.27. The minimum absolute atomic E-state index is 0.113. The van der Waals surface area contributed by atoms with Crippen LogP contribution in [-0.2, 0) is 0 Å². The lowest BCUT2D eigenvalue weighted by Crippen LogP contribution is -2.32. The third-order valence-corrected chi connectivity index (χ3v) is 4.37. The zero-order valence-electron chi connectivity index (χ0n) is 9.03. The first-order chi connectivity index (χ1) is 7.69. The fourth-order valence-corrected chi connectivity index (χ4v) is 3.08. The first-order valence-electron chi connectivity index (χ1n) is 5.28. The van der Waals surface area contributed by atoms with E-state index in [4.69, 9.17) is 4.42 Å². The number of carbonyl (C=O) groups excluding carboxylic acids is 1. The Morgan fingerprint density at radius 2 is 2.38 bits per heavy atom. The van der Waals surface area contributed by atoms with Crippen molar-refractivity contribution in [3.8, 4) is 0 Å². The Morgan fingerprint density at radius 1 is 1.56 bits per heavy atom. The van der Waals surface area contributed by atoms with Gasteiger partial charge in [-0.2, -0.15) is 11.8 Å². The number of furan rings is 1. The highest BCUT2D eigenvalue weighted by Crippen LogP contribution is 2.28. The zero-order chi connectivity index (χ0) is 11.5. The fraction of sp³-hybridized carbons (Fsp3) is 0.545. The Morgan fingerprint density at radius 3 is 2.94 bits per heavy atom. The molecular formula is C11H14BrNO2S. The van der Waals surface area contributed by atoms with Crippen LogP contribution in [0.1, 0.15) is 29.8 Å². The van der Waals surface area contributed by atoms with Crippen molar-refractivity contribution < 1.29 is 9.21 Å². The molecule has 0 aromatic carbocycles. The molecule has 2 rings (SSSR count). The monoisotopic (exact) mass is 303 g/mol. The van der Waals surface area contributed by atoms with Gasteiger partial charge in [-0.15, -0.1) is 0 Å². The molecule has 1 heterocycles. The molecule has 2 atom stereocenters. The minimum atomic E-state index is -0.113. The van der Waals surface area contributed by atoms with E-state index in [0.29, 0.717) is 21.7 Å². The fourth-order valence-electron chi connectivity index (χ4n) is 1.98. The average molecular weight is 304 g/mol. The molecule has 1 aliphatic carbocycles. The number of amides is 1. The van der Waals surface area contributed by atoms with E-state index in [9.17, 15) is 4.79 Å². The van der Waals surface area contributed by atoms with E-state index in [-0.39, 0.29) is 5.91 Å². The van der Waals surface area contributed by atoms with Crippen LogP contribution in [0.25, 0.3) is 0 Å². The normalized spacial score (nSPS) is 24.6. The molecule has 1 saturated carbocycles. The van der Waals surface area contributed by atoms with E-state index >= 15 is 0 Å². The van der Waals surface area contributed by atoms with Crippen molar-refractivity contribution >= 4 is 33.6 Å². The summed E-state index contributed by atoms with van der Waals surface area (Å²) < 4.78 is 5.80. The number of rotatable bonds is 3. The van der Waals surface area contributed by atoms with Gasteiger partial charge < -0.3 is 9.73 Å². The number of hydrogen-bond acceptors (Lipinski definition) is 3. The van der Waals surface area contributed by atoms with Gasteiger partial charge in [0, 0.05) is 11.3 Å². The molecule has 1 N–H and O–H groups in total. The van der Waals surface area contributed by atoms with Crippen molar-refractivity contribution in [1.29, 1.82) is 0 Å². The number of nitrogens with one attached hydrogen (secondary N) is 1. The van der Waals surface area contributed by atoms with E-state index in [0.717, 1.165) is 12.8 Å². The van der Waals surface area contributed by atoms with Crippen LogP contribution in [0.5, 0.6) is 0 Å². The third kappa shape index (κ3) is 2.83. The maximum atomic E-state index is 11.8. The molecule has 1 aromatic heterocycles. The Bertz CT molecular complexity index is 380. The third-order valence-electron chi connectivity index (χ3n) is 2.85. The van der Waals surface area contributed by atoms with Crippen molar-refractivity contribution in [3.05, 3.63) is 22.6 Å². The van der Waals surface area contributed by atoms with Crippen LogP contribution >= 0.6 is 27.7 Å². The van der Waals surface area contributed by atoms with Crippen LogP contribution in [0.4, 0.5) is 0 Å². The van der Waals surface area contributed by atoms with Gasteiger partial charge in [-0.25, -0.2) is 0 Å². The predicted octanol–water partition coefficient (Wildman–Crippen LogP) is 3.06.